The van der Waals surface area contributed by atoms with E-state index in [9.17, 15) is 9.59 Å². The Morgan fingerprint density at radius 1 is 1.24 bits per heavy atom. The van der Waals surface area contributed by atoms with Crippen LogP contribution in [0.5, 0.6) is 5.75 Å². The maximum atomic E-state index is 12.7. The van der Waals surface area contributed by atoms with Gasteiger partial charge in [-0.2, -0.15) is 0 Å². The molecule has 1 saturated heterocycles. The molecular formula is C22H24N4O3. The highest BCUT2D eigenvalue weighted by Crippen LogP contribution is 2.21. The third-order valence-corrected chi connectivity index (χ3v) is 5.30. The maximum Gasteiger partial charge on any atom is 0.291 e. The number of ether oxygens (including phenoxy) is 1. The molecule has 0 radical (unpaired) electrons. The first-order chi connectivity index (χ1) is 14.1. The minimum absolute atomic E-state index is 0.00253. The molecule has 0 saturated carbocycles. The summed E-state index contributed by atoms with van der Waals surface area (Å²) in [6.45, 7) is 1.67. The Balaban J connectivity index is 1.43. The van der Waals surface area contributed by atoms with Crippen molar-refractivity contribution in [1.29, 1.82) is 0 Å². The van der Waals surface area contributed by atoms with Crippen LogP contribution in [0.1, 0.15) is 18.4 Å². The molecule has 0 aliphatic carbocycles. The monoisotopic (exact) mass is 392 g/mol. The summed E-state index contributed by atoms with van der Waals surface area (Å²) in [5.41, 5.74) is 2.25. The largest absolute Gasteiger partial charge is 0.497 e. The molecule has 2 aromatic carbocycles. The Hall–Kier alpha value is -3.35. The zero-order valence-electron chi connectivity index (χ0n) is 16.4. The highest BCUT2D eigenvalue weighted by atomic mass is 16.5. The summed E-state index contributed by atoms with van der Waals surface area (Å²) in [5, 5.41) is 3.01. The van der Waals surface area contributed by atoms with Crippen molar-refractivity contribution in [3.8, 4) is 5.75 Å². The first-order valence-corrected chi connectivity index (χ1v) is 9.78. The molecule has 7 heteroatoms. The van der Waals surface area contributed by atoms with E-state index in [4.69, 9.17) is 4.74 Å². The van der Waals surface area contributed by atoms with E-state index in [0.717, 1.165) is 36.2 Å². The Kier molecular flexibility index (Phi) is 5.46. The van der Waals surface area contributed by atoms with E-state index in [0.29, 0.717) is 24.4 Å². The lowest BCUT2D eigenvalue weighted by atomic mass is 9.97. The average Bonchev–Trinajstić information content (AvgIpc) is 2.77. The molecule has 1 fully saturated rings. The van der Waals surface area contributed by atoms with Gasteiger partial charge >= 0.3 is 0 Å². The van der Waals surface area contributed by atoms with Crippen LogP contribution in [0.2, 0.25) is 0 Å². The molecule has 0 bridgehead atoms. The van der Waals surface area contributed by atoms with Crippen molar-refractivity contribution in [2.45, 2.75) is 19.4 Å². The molecule has 1 amide bonds. The van der Waals surface area contributed by atoms with Crippen LogP contribution in [0.15, 0.2) is 53.3 Å². The summed E-state index contributed by atoms with van der Waals surface area (Å²) in [7, 11) is 1.63. The van der Waals surface area contributed by atoms with Crippen molar-refractivity contribution < 1.29 is 9.53 Å². The second-order valence-electron chi connectivity index (χ2n) is 7.26. The molecule has 1 atom stereocenters. The van der Waals surface area contributed by atoms with Gasteiger partial charge in [-0.3, -0.25) is 9.59 Å². The quantitative estimate of drug-likeness (QED) is 0.697. The number of methoxy groups -OCH3 is 1. The third kappa shape index (κ3) is 4.23. The highest BCUT2D eigenvalue weighted by molar-refractivity contribution is 5.80. The number of hydrogen-bond acceptors (Lipinski definition) is 5. The standard InChI is InChI=1S/C22H24N4O3/c1-29-17-10-8-15(9-11-17)13-23-21(27)16-5-4-12-26(14-16)20-22(28)25-19-7-3-2-6-18(19)24-20/h2-3,6-11,16H,4-5,12-14H2,1H3,(H,23,27)(H,25,28). The predicted molar refractivity (Wildman–Crippen MR) is 112 cm³/mol. The number of amides is 1. The van der Waals surface area contributed by atoms with E-state index in [2.05, 4.69) is 15.3 Å². The van der Waals surface area contributed by atoms with E-state index in [1.165, 1.54) is 0 Å². The molecule has 1 aromatic heterocycles. The molecule has 2 heterocycles. The Morgan fingerprint density at radius 2 is 2.03 bits per heavy atom. The van der Waals surface area contributed by atoms with E-state index < -0.39 is 0 Å². The molecule has 4 rings (SSSR count). The second-order valence-corrected chi connectivity index (χ2v) is 7.26. The first-order valence-electron chi connectivity index (χ1n) is 9.78. The first kappa shape index (κ1) is 19.0. The predicted octanol–water partition coefficient (Wildman–Crippen LogP) is 2.46. The fourth-order valence-corrected chi connectivity index (χ4v) is 3.69. The summed E-state index contributed by atoms with van der Waals surface area (Å²) < 4.78 is 5.15. The van der Waals surface area contributed by atoms with E-state index in [-0.39, 0.29) is 17.4 Å². The topological polar surface area (TPSA) is 87.3 Å². The summed E-state index contributed by atoms with van der Waals surface area (Å²) in [5.74, 6) is 1.00. The van der Waals surface area contributed by atoms with Crippen molar-refractivity contribution in [3.63, 3.8) is 0 Å². The number of rotatable bonds is 5. The van der Waals surface area contributed by atoms with Crippen LogP contribution in [0.4, 0.5) is 5.82 Å². The molecule has 1 aliphatic heterocycles. The number of carbonyl (C=O) groups is 1. The summed E-state index contributed by atoms with van der Waals surface area (Å²) in [6, 6.07) is 15.1. The molecule has 0 spiro atoms. The number of aromatic nitrogens is 2. The zero-order valence-corrected chi connectivity index (χ0v) is 16.4. The lowest BCUT2D eigenvalue weighted by Gasteiger charge is -2.32. The van der Waals surface area contributed by atoms with Gasteiger partial charge in [0, 0.05) is 19.6 Å². The normalized spacial score (nSPS) is 16.6. The average molecular weight is 392 g/mol. The van der Waals surface area contributed by atoms with E-state index in [1.807, 2.05) is 53.4 Å². The van der Waals surface area contributed by atoms with Gasteiger partial charge in [-0.05, 0) is 42.7 Å². The van der Waals surface area contributed by atoms with Crippen molar-refractivity contribution in [1.82, 2.24) is 15.3 Å². The number of nitrogens with one attached hydrogen (secondary N) is 2. The van der Waals surface area contributed by atoms with E-state index >= 15 is 0 Å². The lowest BCUT2D eigenvalue weighted by molar-refractivity contribution is -0.125. The van der Waals surface area contributed by atoms with Crippen LogP contribution >= 0.6 is 0 Å². The molecular weight excluding hydrogens is 368 g/mol. The number of H-pyrrole nitrogens is 1. The van der Waals surface area contributed by atoms with Crippen LogP contribution in [-0.2, 0) is 11.3 Å². The molecule has 150 valence electrons. The molecule has 3 aromatic rings. The van der Waals surface area contributed by atoms with Gasteiger partial charge in [0.25, 0.3) is 5.56 Å². The SMILES string of the molecule is COc1ccc(CNC(=O)C2CCCN(c3nc4ccccc4[nH]c3=O)C2)cc1. The fraction of sp³-hybridized carbons (Fsp3) is 0.318. The van der Waals surface area contributed by atoms with Crippen molar-refractivity contribution in [2.24, 2.45) is 5.92 Å². The van der Waals surface area contributed by atoms with Gasteiger partial charge in [0.15, 0.2) is 5.82 Å². The minimum Gasteiger partial charge on any atom is -0.497 e. The van der Waals surface area contributed by atoms with Crippen LogP contribution in [0, 0.1) is 5.92 Å². The van der Waals surface area contributed by atoms with E-state index in [1.54, 1.807) is 7.11 Å². The Morgan fingerprint density at radius 3 is 2.83 bits per heavy atom. The van der Waals surface area contributed by atoms with Crippen LogP contribution < -0.4 is 20.5 Å². The van der Waals surface area contributed by atoms with Gasteiger partial charge in [-0.1, -0.05) is 24.3 Å². The molecule has 2 N–H and O–H groups in total. The molecule has 29 heavy (non-hydrogen) atoms. The van der Waals surface area contributed by atoms with Crippen molar-refractivity contribution >= 4 is 22.8 Å². The van der Waals surface area contributed by atoms with Gasteiger partial charge in [-0.15, -0.1) is 0 Å². The van der Waals surface area contributed by atoms with Crippen LogP contribution in [0.3, 0.4) is 0 Å². The number of nitrogens with zero attached hydrogens (tertiary/aromatic N) is 2. The number of piperidine rings is 1. The second kappa shape index (κ2) is 8.34. The highest BCUT2D eigenvalue weighted by Gasteiger charge is 2.27. The third-order valence-electron chi connectivity index (χ3n) is 5.30. The number of anilines is 1. The van der Waals surface area contributed by atoms with Gasteiger partial charge in [-0.25, -0.2) is 4.98 Å². The lowest BCUT2D eigenvalue weighted by Crippen LogP contribution is -2.44. The number of fused-ring (bicyclic) bond motifs is 1. The van der Waals surface area contributed by atoms with Crippen molar-refractivity contribution in [2.75, 3.05) is 25.1 Å². The van der Waals surface area contributed by atoms with Gasteiger partial charge in [0.2, 0.25) is 5.91 Å². The smallest absolute Gasteiger partial charge is 0.291 e. The minimum atomic E-state index is -0.219. The number of para-hydroxylation sites is 2. The maximum absolute atomic E-state index is 12.7. The molecule has 1 aliphatic rings. The van der Waals surface area contributed by atoms with Gasteiger partial charge in [0.05, 0.1) is 24.1 Å². The van der Waals surface area contributed by atoms with Crippen molar-refractivity contribution in [3.05, 3.63) is 64.4 Å². The fourth-order valence-electron chi connectivity index (χ4n) is 3.69. The number of carbonyl (C=O) groups excluding carboxylic acids is 1. The number of hydrogen-bond donors (Lipinski definition) is 2. The van der Waals surface area contributed by atoms with Crippen LogP contribution in [0.25, 0.3) is 11.0 Å². The Bertz CT molecular complexity index is 1060. The number of benzene rings is 2. The molecule has 1 unspecified atom stereocenters. The van der Waals surface area contributed by atoms with Gasteiger partial charge in [0.1, 0.15) is 5.75 Å². The Labute approximate surface area is 168 Å². The summed E-state index contributed by atoms with van der Waals surface area (Å²) in [6.07, 6.45) is 1.64. The molecule has 7 nitrogen and oxygen atoms in total. The summed E-state index contributed by atoms with van der Waals surface area (Å²) >= 11 is 0. The summed E-state index contributed by atoms with van der Waals surface area (Å²) in [4.78, 5) is 34.6. The number of aromatic amines is 1. The van der Waals surface area contributed by atoms with Gasteiger partial charge < -0.3 is 19.9 Å². The zero-order chi connectivity index (χ0) is 20.2. The van der Waals surface area contributed by atoms with Crippen LogP contribution in [-0.4, -0.2) is 36.1 Å².